The van der Waals surface area contributed by atoms with E-state index in [1.807, 2.05) is 0 Å². The third-order valence-electron chi connectivity index (χ3n) is 3.37. The van der Waals surface area contributed by atoms with Gasteiger partial charge in [0.15, 0.2) is 0 Å². The predicted octanol–water partition coefficient (Wildman–Crippen LogP) is -1.20. The van der Waals surface area contributed by atoms with Crippen LogP contribution >= 0.6 is 0 Å². The first kappa shape index (κ1) is 20.9. The van der Waals surface area contributed by atoms with Crippen LogP contribution in [-0.2, 0) is 21.0 Å². The fraction of sp³-hybridized carbons (Fsp3) is 0.375. The highest BCUT2D eigenvalue weighted by atomic mass is 16.3. The summed E-state index contributed by atoms with van der Waals surface area (Å²) in [5.41, 5.74) is 6.18. The first-order valence-corrected chi connectivity index (χ1v) is 7.96. The Labute approximate surface area is 150 Å². The minimum Gasteiger partial charge on any atom is -0.392 e. The zero-order valence-corrected chi connectivity index (χ0v) is 14.2. The molecule has 0 aliphatic rings. The molecule has 1 rings (SSSR count). The van der Waals surface area contributed by atoms with Crippen molar-refractivity contribution in [1.29, 1.82) is 0 Å². The van der Waals surface area contributed by atoms with Crippen molar-refractivity contribution in [1.82, 2.24) is 16.0 Å². The first-order valence-electron chi connectivity index (χ1n) is 7.96. The Morgan fingerprint density at radius 1 is 1.19 bits per heavy atom. The lowest BCUT2D eigenvalue weighted by Crippen LogP contribution is -2.47. The lowest BCUT2D eigenvalue weighted by Gasteiger charge is -2.18. The van der Waals surface area contributed by atoms with E-state index in [4.69, 9.17) is 10.8 Å². The fourth-order valence-electron chi connectivity index (χ4n) is 2.09. The van der Waals surface area contributed by atoms with Crippen LogP contribution in [0.2, 0.25) is 0 Å². The smallest absolute Gasteiger partial charge is 0.312 e. The Kier molecular flexibility index (Phi) is 9.18. The standard InChI is InChI=1S/C16H23N5O5/c17-16(26)19-7-1-2-13(21-14(24)8-18-10-23)15(25)20-12-5-3-11(9-22)4-6-12/h3-6,10,13,22H,1-2,7-9H2,(H,18,23)(H,20,25)(H,21,24)(H3,17,19,26). The van der Waals surface area contributed by atoms with Crippen LogP contribution in [0.1, 0.15) is 18.4 Å². The second kappa shape index (κ2) is 11.4. The molecule has 1 atom stereocenters. The molecule has 0 saturated heterocycles. The van der Waals surface area contributed by atoms with Gasteiger partial charge in [0.25, 0.3) is 0 Å². The van der Waals surface area contributed by atoms with Gasteiger partial charge in [0.05, 0.1) is 13.2 Å². The molecule has 0 radical (unpaired) electrons. The van der Waals surface area contributed by atoms with Gasteiger partial charge in [0, 0.05) is 12.2 Å². The molecule has 0 aromatic heterocycles. The van der Waals surface area contributed by atoms with Crippen molar-refractivity contribution < 1.29 is 24.3 Å². The third-order valence-corrected chi connectivity index (χ3v) is 3.37. The quantitative estimate of drug-likeness (QED) is 0.214. The van der Waals surface area contributed by atoms with E-state index in [0.29, 0.717) is 24.1 Å². The average Bonchev–Trinajstić information content (AvgIpc) is 2.62. The molecule has 7 N–H and O–H groups in total. The summed E-state index contributed by atoms with van der Waals surface area (Å²) in [6, 6.07) is 5.05. The summed E-state index contributed by atoms with van der Waals surface area (Å²) in [4.78, 5) is 45.1. The summed E-state index contributed by atoms with van der Waals surface area (Å²) in [5, 5.41) is 18.8. The van der Waals surface area contributed by atoms with E-state index in [1.165, 1.54) is 0 Å². The second-order valence-electron chi connectivity index (χ2n) is 5.40. The summed E-state index contributed by atoms with van der Waals surface area (Å²) >= 11 is 0. The summed E-state index contributed by atoms with van der Waals surface area (Å²) in [7, 11) is 0. The molecule has 1 aromatic carbocycles. The second-order valence-corrected chi connectivity index (χ2v) is 5.40. The van der Waals surface area contributed by atoms with E-state index in [2.05, 4.69) is 21.3 Å². The maximum Gasteiger partial charge on any atom is 0.312 e. The topological polar surface area (TPSA) is 163 Å². The Morgan fingerprint density at radius 3 is 2.46 bits per heavy atom. The van der Waals surface area contributed by atoms with E-state index in [-0.39, 0.29) is 26.1 Å². The normalized spacial score (nSPS) is 11.1. The van der Waals surface area contributed by atoms with E-state index in [0.717, 1.165) is 0 Å². The molecule has 10 nitrogen and oxygen atoms in total. The SMILES string of the molecule is NC(=O)NCCCC(NC(=O)CNC=O)C(=O)Nc1ccc(CO)cc1. The van der Waals surface area contributed by atoms with Crippen molar-refractivity contribution in [2.75, 3.05) is 18.4 Å². The van der Waals surface area contributed by atoms with E-state index >= 15 is 0 Å². The van der Waals surface area contributed by atoms with Crippen LogP contribution in [-0.4, -0.2) is 48.5 Å². The lowest BCUT2D eigenvalue weighted by atomic mass is 10.1. The number of carbonyl (C=O) groups is 4. The minimum atomic E-state index is -0.858. The van der Waals surface area contributed by atoms with Crippen LogP contribution in [0.4, 0.5) is 10.5 Å². The molecule has 5 amide bonds. The molecule has 0 saturated carbocycles. The molecule has 0 aliphatic heterocycles. The van der Waals surface area contributed by atoms with E-state index in [9.17, 15) is 19.2 Å². The number of amides is 5. The van der Waals surface area contributed by atoms with Crippen molar-refractivity contribution in [3.8, 4) is 0 Å². The third kappa shape index (κ3) is 8.11. The molecule has 0 spiro atoms. The number of aliphatic hydroxyl groups excluding tert-OH is 1. The summed E-state index contributed by atoms with van der Waals surface area (Å²) in [5.74, 6) is -0.962. The van der Waals surface area contributed by atoms with Gasteiger partial charge < -0.3 is 32.1 Å². The number of aliphatic hydroxyl groups is 1. The molecule has 142 valence electrons. The van der Waals surface area contributed by atoms with Gasteiger partial charge in [-0.2, -0.15) is 0 Å². The molecule has 10 heteroatoms. The Balaban J connectivity index is 2.66. The van der Waals surface area contributed by atoms with Crippen molar-refractivity contribution >= 4 is 29.9 Å². The maximum absolute atomic E-state index is 12.4. The van der Waals surface area contributed by atoms with Crippen molar-refractivity contribution in [2.45, 2.75) is 25.5 Å². The van der Waals surface area contributed by atoms with Gasteiger partial charge in [-0.25, -0.2) is 4.79 Å². The number of hydrogen-bond acceptors (Lipinski definition) is 5. The molecular weight excluding hydrogens is 342 g/mol. The van der Waals surface area contributed by atoms with Gasteiger partial charge in [-0.3, -0.25) is 14.4 Å². The zero-order chi connectivity index (χ0) is 19.4. The van der Waals surface area contributed by atoms with E-state index < -0.39 is 23.9 Å². The van der Waals surface area contributed by atoms with Crippen LogP contribution in [0.15, 0.2) is 24.3 Å². The molecule has 26 heavy (non-hydrogen) atoms. The van der Waals surface area contributed by atoms with Crippen LogP contribution in [0.3, 0.4) is 0 Å². The molecule has 1 aromatic rings. The fourth-order valence-corrected chi connectivity index (χ4v) is 2.09. The number of hydrogen-bond donors (Lipinski definition) is 6. The van der Waals surface area contributed by atoms with Crippen LogP contribution in [0, 0.1) is 0 Å². The number of nitrogens with one attached hydrogen (secondary N) is 4. The number of nitrogens with two attached hydrogens (primary N) is 1. The molecule has 0 aliphatic carbocycles. The summed E-state index contributed by atoms with van der Waals surface area (Å²) < 4.78 is 0. The molecular formula is C16H23N5O5. The summed E-state index contributed by atoms with van der Waals surface area (Å²) in [6.07, 6.45) is 1.05. The highest BCUT2D eigenvalue weighted by Crippen LogP contribution is 2.11. The van der Waals surface area contributed by atoms with Crippen molar-refractivity contribution in [2.24, 2.45) is 5.73 Å². The predicted molar refractivity (Wildman–Crippen MR) is 93.8 cm³/mol. The largest absolute Gasteiger partial charge is 0.392 e. The molecule has 0 heterocycles. The molecule has 0 bridgehead atoms. The molecule has 0 fully saturated rings. The average molecular weight is 365 g/mol. The van der Waals surface area contributed by atoms with Gasteiger partial charge >= 0.3 is 6.03 Å². The molecule has 1 unspecified atom stereocenters. The van der Waals surface area contributed by atoms with Crippen molar-refractivity contribution in [3.05, 3.63) is 29.8 Å². The lowest BCUT2D eigenvalue weighted by molar-refractivity contribution is -0.126. The highest BCUT2D eigenvalue weighted by molar-refractivity contribution is 5.97. The van der Waals surface area contributed by atoms with Gasteiger partial charge in [0.2, 0.25) is 18.2 Å². The van der Waals surface area contributed by atoms with Crippen LogP contribution < -0.4 is 27.0 Å². The van der Waals surface area contributed by atoms with Crippen LogP contribution in [0.5, 0.6) is 0 Å². The van der Waals surface area contributed by atoms with Gasteiger partial charge in [-0.05, 0) is 30.5 Å². The Morgan fingerprint density at radius 2 is 1.88 bits per heavy atom. The number of rotatable bonds is 11. The minimum absolute atomic E-state index is 0.108. The van der Waals surface area contributed by atoms with Gasteiger partial charge in [-0.15, -0.1) is 0 Å². The number of carbonyl (C=O) groups excluding carboxylic acids is 4. The zero-order valence-electron chi connectivity index (χ0n) is 14.2. The van der Waals surface area contributed by atoms with Gasteiger partial charge in [0.1, 0.15) is 6.04 Å². The first-order chi connectivity index (χ1) is 12.5. The van der Waals surface area contributed by atoms with Gasteiger partial charge in [-0.1, -0.05) is 12.1 Å². The number of urea groups is 1. The van der Waals surface area contributed by atoms with Crippen molar-refractivity contribution in [3.63, 3.8) is 0 Å². The Bertz CT molecular complexity index is 620. The monoisotopic (exact) mass is 365 g/mol. The summed E-state index contributed by atoms with van der Waals surface area (Å²) in [6.45, 7) is -0.103. The van der Waals surface area contributed by atoms with Crippen LogP contribution in [0.25, 0.3) is 0 Å². The number of anilines is 1. The number of primary amides is 1. The maximum atomic E-state index is 12.4. The number of benzene rings is 1. The highest BCUT2D eigenvalue weighted by Gasteiger charge is 2.20. The Hall–Kier alpha value is -3.14. The van der Waals surface area contributed by atoms with E-state index in [1.54, 1.807) is 24.3 Å².